The molecular formula is C9H9N3O2. The van der Waals surface area contributed by atoms with E-state index in [0.717, 1.165) is 0 Å². The number of aliphatic hydroxyl groups excluding tert-OH is 1. The van der Waals surface area contributed by atoms with Gasteiger partial charge in [-0.2, -0.15) is 4.98 Å². The molecule has 2 rings (SSSR count). The fourth-order valence-electron chi connectivity index (χ4n) is 1.28. The molecule has 2 aromatic rings. The largest absolute Gasteiger partial charge is 0.390 e. The second-order valence-electron chi connectivity index (χ2n) is 2.96. The van der Waals surface area contributed by atoms with Crippen LogP contribution >= 0.6 is 0 Å². The molecule has 14 heavy (non-hydrogen) atoms. The molecule has 0 saturated heterocycles. The third-order valence-electron chi connectivity index (χ3n) is 2.07. The molecule has 1 N–H and O–H groups in total. The minimum atomic E-state index is -0.309. The summed E-state index contributed by atoms with van der Waals surface area (Å²) in [4.78, 5) is 18.9. The van der Waals surface area contributed by atoms with Crippen molar-refractivity contribution in [2.45, 2.75) is 6.61 Å². The molecule has 0 radical (unpaired) electrons. The Kier molecular flexibility index (Phi) is 2.01. The molecule has 0 aliphatic carbocycles. The van der Waals surface area contributed by atoms with Crippen LogP contribution in [0.25, 0.3) is 11.0 Å². The van der Waals surface area contributed by atoms with E-state index in [1.165, 1.54) is 10.8 Å². The van der Waals surface area contributed by atoms with Gasteiger partial charge in [0.05, 0.1) is 24.0 Å². The fourth-order valence-corrected chi connectivity index (χ4v) is 1.28. The monoisotopic (exact) mass is 191 g/mol. The van der Waals surface area contributed by atoms with E-state index in [2.05, 4.69) is 9.97 Å². The number of aliphatic hydroxyl groups is 1. The average molecular weight is 191 g/mol. The Morgan fingerprint density at radius 3 is 3.00 bits per heavy atom. The Morgan fingerprint density at radius 1 is 1.50 bits per heavy atom. The van der Waals surface area contributed by atoms with Crippen molar-refractivity contribution < 1.29 is 5.11 Å². The Labute approximate surface area is 79.7 Å². The minimum absolute atomic E-state index is 0.112. The van der Waals surface area contributed by atoms with Crippen molar-refractivity contribution in [1.29, 1.82) is 0 Å². The van der Waals surface area contributed by atoms with Crippen LogP contribution in [0.5, 0.6) is 0 Å². The molecule has 72 valence electrons. The highest BCUT2D eigenvalue weighted by molar-refractivity contribution is 5.73. The lowest BCUT2D eigenvalue weighted by atomic mass is 10.3. The van der Waals surface area contributed by atoms with Crippen LogP contribution in [0.1, 0.15) is 5.69 Å². The highest BCUT2D eigenvalue weighted by Crippen LogP contribution is 2.08. The summed E-state index contributed by atoms with van der Waals surface area (Å²) in [7, 11) is 1.64. The van der Waals surface area contributed by atoms with Gasteiger partial charge >= 0.3 is 5.69 Å². The van der Waals surface area contributed by atoms with Gasteiger partial charge in [0.1, 0.15) is 5.52 Å². The molecule has 0 spiro atoms. The number of aryl methyl sites for hydroxylation is 1. The standard InChI is InChI=1S/C9H9N3O2/c1-12-8-3-2-6(5-13)11-7(8)4-10-9(12)14/h2-4,13H,5H2,1H3. The van der Waals surface area contributed by atoms with Crippen LogP contribution in [0.4, 0.5) is 0 Å². The van der Waals surface area contributed by atoms with Crippen molar-refractivity contribution in [2.75, 3.05) is 0 Å². The summed E-state index contributed by atoms with van der Waals surface area (Å²) in [6.07, 6.45) is 1.41. The molecule has 0 atom stereocenters. The maximum atomic E-state index is 11.2. The maximum Gasteiger partial charge on any atom is 0.347 e. The van der Waals surface area contributed by atoms with E-state index < -0.39 is 0 Å². The van der Waals surface area contributed by atoms with Crippen molar-refractivity contribution in [1.82, 2.24) is 14.5 Å². The van der Waals surface area contributed by atoms with Crippen molar-refractivity contribution in [3.05, 3.63) is 34.5 Å². The second-order valence-corrected chi connectivity index (χ2v) is 2.96. The highest BCUT2D eigenvalue weighted by atomic mass is 16.3. The van der Waals surface area contributed by atoms with E-state index in [0.29, 0.717) is 16.7 Å². The van der Waals surface area contributed by atoms with E-state index >= 15 is 0 Å². The number of aromatic nitrogens is 3. The van der Waals surface area contributed by atoms with Gasteiger partial charge in [-0.3, -0.25) is 4.57 Å². The highest BCUT2D eigenvalue weighted by Gasteiger charge is 2.01. The third-order valence-corrected chi connectivity index (χ3v) is 2.07. The Morgan fingerprint density at radius 2 is 2.29 bits per heavy atom. The van der Waals surface area contributed by atoms with E-state index in [-0.39, 0.29) is 12.3 Å². The first-order valence-corrected chi connectivity index (χ1v) is 4.15. The zero-order valence-corrected chi connectivity index (χ0v) is 7.64. The molecule has 0 bridgehead atoms. The first-order valence-electron chi connectivity index (χ1n) is 4.15. The molecule has 0 fully saturated rings. The SMILES string of the molecule is Cn1c(=O)ncc2nc(CO)ccc21. The molecule has 0 aliphatic heterocycles. The zero-order valence-electron chi connectivity index (χ0n) is 7.64. The average Bonchev–Trinajstić information content (AvgIpc) is 2.23. The van der Waals surface area contributed by atoms with Crippen LogP contribution in [0, 0.1) is 0 Å². The van der Waals surface area contributed by atoms with Gasteiger partial charge in [0, 0.05) is 7.05 Å². The van der Waals surface area contributed by atoms with Crippen LogP contribution < -0.4 is 5.69 Å². The number of nitrogens with zero attached hydrogens (tertiary/aromatic N) is 3. The third kappa shape index (κ3) is 1.27. The predicted molar refractivity (Wildman–Crippen MR) is 50.7 cm³/mol. The zero-order chi connectivity index (χ0) is 10.1. The van der Waals surface area contributed by atoms with Crippen molar-refractivity contribution in [3.8, 4) is 0 Å². The van der Waals surface area contributed by atoms with Gasteiger partial charge < -0.3 is 5.11 Å². The molecule has 5 nitrogen and oxygen atoms in total. The van der Waals surface area contributed by atoms with Crippen molar-refractivity contribution in [3.63, 3.8) is 0 Å². The van der Waals surface area contributed by atoms with Crippen LogP contribution in [-0.2, 0) is 13.7 Å². The Hall–Kier alpha value is -1.75. The van der Waals surface area contributed by atoms with Crippen molar-refractivity contribution in [2.24, 2.45) is 7.05 Å². The summed E-state index contributed by atoms with van der Waals surface area (Å²) in [5.74, 6) is 0. The van der Waals surface area contributed by atoms with Gasteiger partial charge in [0.25, 0.3) is 0 Å². The lowest BCUT2D eigenvalue weighted by Gasteiger charge is -2.03. The van der Waals surface area contributed by atoms with Gasteiger partial charge in [0.15, 0.2) is 0 Å². The van der Waals surface area contributed by atoms with Gasteiger partial charge in [-0.1, -0.05) is 0 Å². The van der Waals surface area contributed by atoms with E-state index in [9.17, 15) is 4.79 Å². The van der Waals surface area contributed by atoms with Crippen LogP contribution in [0.3, 0.4) is 0 Å². The lowest BCUT2D eigenvalue weighted by molar-refractivity contribution is 0.277. The normalized spacial score (nSPS) is 10.7. The van der Waals surface area contributed by atoms with Gasteiger partial charge in [-0.25, -0.2) is 9.78 Å². The summed E-state index contributed by atoms with van der Waals surface area (Å²) in [5.41, 5.74) is 1.58. The predicted octanol–water partition coefficient (Wildman–Crippen LogP) is -0.179. The van der Waals surface area contributed by atoms with Crippen LogP contribution in [0.15, 0.2) is 23.1 Å². The van der Waals surface area contributed by atoms with E-state index in [1.807, 2.05) is 0 Å². The smallest absolute Gasteiger partial charge is 0.347 e. The second kappa shape index (κ2) is 3.19. The summed E-state index contributed by atoms with van der Waals surface area (Å²) < 4.78 is 1.42. The Balaban J connectivity index is 2.81. The van der Waals surface area contributed by atoms with Gasteiger partial charge in [-0.15, -0.1) is 0 Å². The number of hydrogen-bond acceptors (Lipinski definition) is 4. The van der Waals surface area contributed by atoms with Gasteiger partial charge in [-0.05, 0) is 12.1 Å². The summed E-state index contributed by atoms with van der Waals surface area (Å²) in [5, 5.41) is 8.87. The topological polar surface area (TPSA) is 68.0 Å². The quantitative estimate of drug-likeness (QED) is 0.679. The van der Waals surface area contributed by atoms with Crippen LogP contribution in [0.2, 0.25) is 0 Å². The molecule has 5 heteroatoms. The first-order chi connectivity index (χ1) is 6.72. The molecule has 0 aliphatic rings. The molecule has 2 aromatic heterocycles. The molecule has 2 heterocycles. The number of rotatable bonds is 1. The molecule has 0 unspecified atom stereocenters. The lowest BCUT2D eigenvalue weighted by Crippen LogP contribution is -2.19. The van der Waals surface area contributed by atoms with Crippen LogP contribution in [-0.4, -0.2) is 19.6 Å². The maximum absolute atomic E-state index is 11.2. The summed E-state index contributed by atoms with van der Waals surface area (Å²) in [6.45, 7) is -0.112. The number of fused-ring (bicyclic) bond motifs is 1. The minimum Gasteiger partial charge on any atom is -0.390 e. The number of hydrogen-bond donors (Lipinski definition) is 1. The molecular weight excluding hydrogens is 182 g/mol. The Bertz CT molecular complexity index is 533. The molecule has 0 aromatic carbocycles. The van der Waals surface area contributed by atoms with E-state index in [4.69, 9.17) is 5.11 Å². The van der Waals surface area contributed by atoms with E-state index in [1.54, 1.807) is 19.2 Å². The summed E-state index contributed by atoms with van der Waals surface area (Å²) in [6, 6.07) is 3.43. The van der Waals surface area contributed by atoms with Crippen molar-refractivity contribution >= 4 is 11.0 Å². The number of pyridine rings is 1. The first kappa shape index (κ1) is 8.83. The molecule has 0 amide bonds. The fraction of sp³-hybridized carbons (Fsp3) is 0.222. The molecule has 0 saturated carbocycles. The van der Waals surface area contributed by atoms with Gasteiger partial charge in [0.2, 0.25) is 0 Å². The summed E-state index contributed by atoms with van der Waals surface area (Å²) >= 11 is 0.